The molecule has 1 N–H and O–H groups in total. The van der Waals surface area contributed by atoms with Crippen molar-refractivity contribution in [3.05, 3.63) is 17.0 Å². The smallest absolute Gasteiger partial charge is 0.407 e. The van der Waals surface area contributed by atoms with Gasteiger partial charge in [-0.2, -0.15) is 13.9 Å². The molecular weight excluding hydrogens is 380 g/mol. The van der Waals surface area contributed by atoms with Gasteiger partial charge < -0.3 is 14.6 Å². The normalized spacial score (nSPS) is 16.1. The second-order valence-electron chi connectivity index (χ2n) is 7.59. The van der Waals surface area contributed by atoms with Crippen molar-refractivity contribution in [2.24, 2.45) is 0 Å². The van der Waals surface area contributed by atoms with E-state index in [0.717, 1.165) is 10.7 Å². The molecule has 0 radical (unpaired) electrons. The van der Waals surface area contributed by atoms with Crippen LogP contribution in [0.1, 0.15) is 28.7 Å². The number of ether oxygens (including phenoxy) is 2. The molecule has 0 aromatic carbocycles. The number of aromatic nitrogens is 2. The van der Waals surface area contributed by atoms with Gasteiger partial charge >= 0.3 is 18.0 Å². The van der Waals surface area contributed by atoms with Gasteiger partial charge in [-0.15, -0.1) is 0 Å². The Morgan fingerprint density at radius 1 is 1.33 bits per heavy atom. The molecule has 0 bridgehead atoms. The van der Waals surface area contributed by atoms with E-state index >= 15 is 0 Å². The molecule has 1 aliphatic heterocycles. The molecule has 0 fully saturated rings. The van der Waals surface area contributed by atoms with E-state index in [0.29, 0.717) is 11.5 Å². The Kier molecular flexibility index (Phi) is 6.25. The summed E-state index contributed by atoms with van der Waals surface area (Å²) in [6.45, 7) is 6.92. The zero-order valence-corrected chi connectivity index (χ0v) is 16.9. The van der Waals surface area contributed by atoms with Gasteiger partial charge in [0.2, 0.25) is 0 Å². The minimum atomic E-state index is -3.49. The number of rotatable bonds is 7. The highest BCUT2D eigenvalue weighted by Crippen LogP contribution is 2.38. The molecule has 152 valence electrons. The van der Waals surface area contributed by atoms with Crippen LogP contribution in [-0.2, 0) is 28.7 Å². The van der Waals surface area contributed by atoms with Gasteiger partial charge in [0.15, 0.2) is 5.69 Å². The molecule has 0 atom stereocenters. The number of alkyl halides is 2. The number of hydrogen-bond acceptors (Lipinski definition) is 5. The largest absolute Gasteiger partial charge is 0.465 e. The number of hydrogen-bond donors (Lipinski definition) is 1. The van der Waals surface area contributed by atoms with Crippen LogP contribution in [-0.4, -0.2) is 59.7 Å². The number of carbonyl (C=O) groups excluding carboxylic acids is 1. The van der Waals surface area contributed by atoms with Crippen molar-refractivity contribution in [2.75, 3.05) is 19.8 Å². The summed E-state index contributed by atoms with van der Waals surface area (Å²) in [6.07, 6.45) is -1.49. The molecule has 1 aliphatic rings. The standard InChI is InChI=1S/C16H25F2N3O5Si/c1-5-26-14(22)12-11-8-20(15(23)24)9-16(17,18)13(11)21(19-12)10-25-6-7-27(2,3)4/h5-10H2,1-4H3,(H,23,24). The van der Waals surface area contributed by atoms with E-state index in [2.05, 4.69) is 24.7 Å². The maximum atomic E-state index is 14.7. The second-order valence-corrected chi connectivity index (χ2v) is 13.2. The lowest BCUT2D eigenvalue weighted by atomic mass is 10.0. The molecular formula is C16H25F2N3O5Si. The molecule has 0 unspecified atom stereocenters. The van der Waals surface area contributed by atoms with Crippen molar-refractivity contribution < 1.29 is 33.0 Å². The Morgan fingerprint density at radius 3 is 2.56 bits per heavy atom. The molecule has 0 aliphatic carbocycles. The fraction of sp³-hybridized carbons (Fsp3) is 0.688. The number of amides is 1. The van der Waals surface area contributed by atoms with E-state index in [1.165, 1.54) is 0 Å². The number of nitrogens with zero attached hydrogens (tertiary/aromatic N) is 3. The van der Waals surface area contributed by atoms with Gasteiger partial charge in [-0.05, 0) is 13.0 Å². The molecule has 0 saturated carbocycles. The monoisotopic (exact) mass is 405 g/mol. The lowest BCUT2D eigenvalue weighted by Gasteiger charge is -2.31. The Labute approximate surface area is 157 Å². The van der Waals surface area contributed by atoms with Crippen molar-refractivity contribution in [1.29, 1.82) is 0 Å². The van der Waals surface area contributed by atoms with Crippen LogP contribution >= 0.6 is 0 Å². The van der Waals surface area contributed by atoms with Crippen LogP contribution in [0.5, 0.6) is 0 Å². The summed E-state index contributed by atoms with van der Waals surface area (Å²) in [7, 11) is -1.35. The summed E-state index contributed by atoms with van der Waals surface area (Å²) in [5, 5.41) is 13.1. The fourth-order valence-electron chi connectivity index (χ4n) is 2.74. The van der Waals surface area contributed by atoms with Gasteiger partial charge in [-0.3, -0.25) is 4.90 Å². The predicted octanol–water partition coefficient (Wildman–Crippen LogP) is 2.96. The van der Waals surface area contributed by atoms with Gasteiger partial charge in [-0.25, -0.2) is 14.3 Å². The number of fused-ring (bicyclic) bond motifs is 1. The molecule has 0 saturated heterocycles. The van der Waals surface area contributed by atoms with Crippen molar-refractivity contribution in [2.45, 2.75) is 51.8 Å². The minimum Gasteiger partial charge on any atom is -0.465 e. The molecule has 11 heteroatoms. The van der Waals surface area contributed by atoms with Crippen LogP contribution in [0.3, 0.4) is 0 Å². The van der Waals surface area contributed by atoms with E-state index in [-0.39, 0.29) is 31.1 Å². The average Bonchev–Trinajstić information content (AvgIpc) is 2.90. The highest BCUT2D eigenvalue weighted by molar-refractivity contribution is 6.76. The third-order valence-corrected chi connectivity index (χ3v) is 5.79. The van der Waals surface area contributed by atoms with Gasteiger partial charge in [0, 0.05) is 20.2 Å². The third kappa shape index (κ3) is 5.04. The van der Waals surface area contributed by atoms with Gasteiger partial charge in [0.25, 0.3) is 0 Å². The number of carbonyl (C=O) groups is 2. The second kappa shape index (κ2) is 7.93. The molecule has 1 aromatic heterocycles. The first-order valence-corrected chi connectivity index (χ1v) is 12.4. The van der Waals surface area contributed by atoms with Crippen molar-refractivity contribution in [3.63, 3.8) is 0 Å². The number of carboxylic acid groups (broad SMARTS) is 1. The van der Waals surface area contributed by atoms with E-state index < -0.39 is 38.3 Å². The molecule has 27 heavy (non-hydrogen) atoms. The topological polar surface area (TPSA) is 93.9 Å². The molecule has 0 spiro atoms. The quantitative estimate of drug-likeness (QED) is 0.426. The zero-order valence-electron chi connectivity index (χ0n) is 15.9. The summed E-state index contributed by atoms with van der Waals surface area (Å²) in [5.74, 6) is -4.36. The first-order valence-electron chi connectivity index (χ1n) is 8.67. The molecule has 8 nitrogen and oxygen atoms in total. The van der Waals surface area contributed by atoms with Gasteiger partial charge in [-0.1, -0.05) is 19.6 Å². The highest BCUT2D eigenvalue weighted by Gasteiger charge is 2.48. The number of esters is 1. The van der Waals surface area contributed by atoms with E-state index in [1.54, 1.807) is 6.92 Å². The lowest BCUT2D eigenvalue weighted by Crippen LogP contribution is -2.44. The summed E-state index contributed by atoms with van der Waals surface area (Å²) in [4.78, 5) is 23.9. The van der Waals surface area contributed by atoms with E-state index in [1.807, 2.05) is 0 Å². The molecule has 1 aromatic rings. The van der Waals surface area contributed by atoms with E-state index in [9.17, 15) is 18.4 Å². The van der Waals surface area contributed by atoms with Crippen molar-refractivity contribution in [1.82, 2.24) is 14.7 Å². The molecule has 1 amide bonds. The molecule has 2 rings (SSSR count). The van der Waals surface area contributed by atoms with Crippen LogP contribution in [0, 0.1) is 0 Å². The van der Waals surface area contributed by atoms with Crippen LogP contribution < -0.4 is 0 Å². The lowest BCUT2D eigenvalue weighted by molar-refractivity contribution is -0.0591. The molecule has 2 heterocycles. The van der Waals surface area contributed by atoms with Gasteiger partial charge in [0.05, 0.1) is 19.7 Å². The Hall–Kier alpha value is -2.01. The number of halogens is 2. The Morgan fingerprint density at radius 2 is 2.00 bits per heavy atom. The minimum absolute atomic E-state index is 0.0478. The van der Waals surface area contributed by atoms with E-state index in [4.69, 9.17) is 14.6 Å². The summed E-state index contributed by atoms with van der Waals surface area (Å²) in [6, 6.07) is 0.852. The predicted molar refractivity (Wildman–Crippen MR) is 94.6 cm³/mol. The highest BCUT2D eigenvalue weighted by atomic mass is 28.3. The maximum absolute atomic E-state index is 14.7. The summed E-state index contributed by atoms with van der Waals surface area (Å²) >= 11 is 0. The Bertz CT molecular complexity index is 718. The van der Waals surface area contributed by atoms with Gasteiger partial charge in [0.1, 0.15) is 12.4 Å². The van der Waals surface area contributed by atoms with Crippen LogP contribution in [0.25, 0.3) is 0 Å². The fourth-order valence-corrected chi connectivity index (χ4v) is 3.50. The third-order valence-electron chi connectivity index (χ3n) is 4.08. The summed E-state index contributed by atoms with van der Waals surface area (Å²) in [5.41, 5.74) is -0.928. The maximum Gasteiger partial charge on any atom is 0.407 e. The van der Waals surface area contributed by atoms with Crippen LogP contribution in [0.4, 0.5) is 13.6 Å². The first kappa shape index (κ1) is 21.3. The summed E-state index contributed by atoms with van der Waals surface area (Å²) < 4.78 is 40.7. The zero-order chi connectivity index (χ0) is 20.4. The van der Waals surface area contributed by atoms with Crippen molar-refractivity contribution >= 4 is 20.1 Å². The van der Waals surface area contributed by atoms with Crippen molar-refractivity contribution in [3.8, 4) is 0 Å². The van der Waals surface area contributed by atoms with Crippen LogP contribution in [0.2, 0.25) is 25.7 Å². The van der Waals surface area contributed by atoms with Crippen LogP contribution in [0.15, 0.2) is 0 Å². The average molecular weight is 405 g/mol. The SMILES string of the molecule is CCOC(=O)c1nn(COCC[Si](C)(C)C)c2c1CN(C(=O)O)CC2(F)F. The Balaban J connectivity index is 2.34. The first-order chi connectivity index (χ1) is 12.5.